The number of esters is 1. The SMILES string of the molecule is Cc1cc(COC(=O)/C=C/c2c(C)nn(Cc3ccccc3Cl)c2C)on1. The van der Waals surface area contributed by atoms with Crippen LogP contribution in [0.1, 0.15) is 34.0 Å². The van der Waals surface area contributed by atoms with Crippen LogP contribution in [0.3, 0.4) is 0 Å². The van der Waals surface area contributed by atoms with Gasteiger partial charge in [0.1, 0.15) is 0 Å². The molecule has 0 radical (unpaired) electrons. The Balaban J connectivity index is 1.67. The molecule has 0 N–H and O–H groups in total. The third-order valence-electron chi connectivity index (χ3n) is 4.13. The Morgan fingerprint density at radius 3 is 2.78 bits per heavy atom. The number of ether oxygens (including phenoxy) is 1. The van der Waals surface area contributed by atoms with E-state index in [1.54, 1.807) is 19.1 Å². The Kier molecular flexibility index (Phi) is 5.76. The second kappa shape index (κ2) is 8.22. The van der Waals surface area contributed by atoms with E-state index in [0.717, 1.165) is 28.2 Å². The van der Waals surface area contributed by atoms with Crippen molar-refractivity contribution in [2.45, 2.75) is 33.9 Å². The molecule has 6 nitrogen and oxygen atoms in total. The maximum atomic E-state index is 11.9. The van der Waals surface area contributed by atoms with E-state index in [1.165, 1.54) is 6.08 Å². The van der Waals surface area contributed by atoms with Crippen LogP contribution in [0.15, 0.2) is 40.9 Å². The van der Waals surface area contributed by atoms with E-state index in [1.807, 2.05) is 42.8 Å². The van der Waals surface area contributed by atoms with Crippen LogP contribution >= 0.6 is 11.6 Å². The molecule has 0 atom stereocenters. The zero-order valence-electron chi connectivity index (χ0n) is 15.4. The fourth-order valence-corrected chi connectivity index (χ4v) is 2.92. The monoisotopic (exact) mass is 385 g/mol. The van der Waals surface area contributed by atoms with Gasteiger partial charge in [-0.3, -0.25) is 4.68 Å². The van der Waals surface area contributed by atoms with Crippen LogP contribution in [0.2, 0.25) is 5.02 Å². The minimum Gasteiger partial charge on any atom is -0.454 e. The van der Waals surface area contributed by atoms with Crippen molar-refractivity contribution in [3.63, 3.8) is 0 Å². The standard InChI is InChI=1S/C20H20ClN3O3/c1-13-10-17(27-23-13)12-26-20(25)9-8-18-14(2)22-24(15(18)3)11-16-6-4-5-7-19(16)21/h4-10H,11-12H2,1-3H3/b9-8+. The van der Waals surface area contributed by atoms with Crippen LogP contribution in [0.4, 0.5) is 0 Å². The zero-order valence-corrected chi connectivity index (χ0v) is 16.2. The maximum Gasteiger partial charge on any atom is 0.331 e. The number of hydrogen-bond donors (Lipinski definition) is 0. The van der Waals surface area contributed by atoms with Crippen molar-refractivity contribution in [2.75, 3.05) is 0 Å². The largest absolute Gasteiger partial charge is 0.454 e. The summed E-state index contributed by atoms with van der Waals surface area (Å²) in [5.41, 5.74) is 4.39. The van der Waals surface area contributed by atoms with E-state index in [9.17, 15) is 4.79 Å². The Hall–Kier alpha value is -2.86. The lowest BCUT2D eigenvalue weighted by atomic mass is 10.1. The summed E-state index contributed by atoms with van der Waals surface area (Å²) >= 11 is 6.23. The Labute approximate surface area is 162 Å². The van der Waals surface area contributed by atoms with Gasteiger partial charge in [0.25, 0.3) is 0 Å². The molecule has 140 valence electrons. The van der Waals surface area contributed by atoms with E-state index in [-0.39, 0.29) is 6.61 Å². The number of carbonyl (C=O) groups excluding carboxylic acids is 1. The smallest absolute Gasteiger partial charge is 0.331 e. The van der Waals surface area contributed by atoms with Gasteiger partial charge < -0.3 is 9.26 Å². The molecule has 1 aromatic carbocycles. The number of carbonyl (C=O) groups is 1. The Bertz CT molecular complexity index is 988. The zero-order chi connectivity index (χ0) is 19.4. The molecule has 2 aromatic heterocycles. The van der Waals surface area contributed by atoms with Crippen molar-refractivity contribution in [1.29, 1.82) is 0 Å². The number of hydrogen-bond acceptors (Lipinski definition) is 5. The molecule has 27 heavy (non-hydrogen) atoms. The lowest BCUT2D eigenvalue weighted by Crippen LogP contribution is -2.04. The molecular weight excluding hydrogens is 366 g/mol. The Morgan fingerprint density at radius 1 is 1.30 bits per heavy atom. The molecule has 3 rings (SSSR count). The molecule has 3 aromatic rings. The van der Waals surface area contributed by atoms with E-state index in [2.05, 4.69) is 10.3 Å². The first-order valence-electron chi connectivity index (χ1n) is 8.48. The molecule has 0 saturated carbocycles. The summed E-state index contributed by atoms with van der Waals surface area (Å²) in [5.74, 6) is 0.0517. The van der Waals surface area contributed by atoms with Crippen molar-refractivity contribution in [3.05, 3.63) is 75.4 Å². The molecule has 0 bridgehead atoms. The average molecular weight is 386 g/mol. The summed E-state index contributed by atoms with van der Waals surface area (Å²) in [7, 11) is 0. The fourth-order valence-electron chi connectivity index (χ4n) is 2.72. The summed E-state index contributed by atoms with van der Waals surface area (Å²) in [5, 5.41) is 9.00. The molecule has 7 heteroatoms. The van der Waals surface area contributed by atoms with Gasteiger partial charge in [0.2, 0.25) is 0 Å². The lowest BCUT2D eigenvalue weighted by molar-refractivity contribution is -0.139. The quantitative estimate of drug-likeness (QED) is 0.468. The number of aromatic nitrogens is 3. The second-order valence-electron chi connectivity index (χ2n) is 6.21. The van der Waals surface area contributed by atoms with Crippen LogP contribution in [0, 0.1) is 20.8 Å². The number of rotatable bonds is 6. The molecule has 0 unspecified atom stereocenters. The fraction of sp³-hybridized carbons (Fsp3) is 0.250. The van der Waals surface area contributed by atoms with Gasteiger partial charge in [-0.1, -0.05) is 35.0 Å². The van der Waals surface area contributed by atoms with E-state index in [4.69, 9.17) is 20.9 Å². The van der Waals surface area contributed by atoms with Gasteiger partial charge in [-0.25, -0.2) is 4.79 Å². The molecule has 0 spiro atoms. The number of aryl methyl sites for hydroxylation is 2. The van der Waals surface area contributed by atoms with Gasteiger partial charge in [-0.2, -0.15) is 5.10 Å². The lowest BCUT2D eigenvalue weighted by Gasteiger charge is -2.06. The molecule has 0 saturated heterocycles. The number of halogens is 1. The van der Waals surface area contributed by atoms with Crippen LogP contribution in [0.5, 0.6) is 0 Å². The first kappa shape index (κ1) is 18.9. The second-order valence-corrected chi connectivity index (χ2v) is 6.62. The van der Waals surface area contributed by atoms with E-state index in [0.29, 0.717) is 17.3 Å². The van der Waals surface area contributed by atoms with Gasteiger partial charge in [-0.15, -0.1) is 0 Å². The van der Waals surface area contributed by atoms with Crippen molar-refractivity contribution in [2.24, 2.45) is 0 Å². The normalized spacial score (nSPS) is 11.3. The van der Waals surface area contributed by atoms with Crippen LogP contribution < -0.4 is 0 Å². The molecule has 0 fully saturated rings. The maximum absolute atomic E-state index is 11.9. The average Bonchev–Trinajstić information content (AvgIpc) is 3.17. The highest BCUT2D eigenvalue weighted by atomic mass is 35.5. The Morgan fingerprint density at radius 2 is 2.07 bits per heavy atom. The van der Waals surface area contributed by atoms with Crippen LogP contribution in [0.25, 0.3) is 6.08 Å². The first-order valence-corrected chi connectivity index (χ1v) is 8.86. The minimum atomic E-state index is -0.457. The van der Waals surface area contributed by atoms with Gasteiger partial charge in [0, 0.05) is 28.4 Å². The van der Waals surface area contributed by atoms with Crippen molar-refractivity contribution < 1.29 is 14.1 Å². The van der Waals surface area contributed by atoms with E-state index < -0.39 is 5.97 Å². The highest BCUT2D eigenvalue weighted by Crippen LogP contribution is 2.20. The van der Waals surface area contributed by atoms with Gasteiger partial charge in [0.15, 0.2) is 12.4 Å². The minimum absolute atomic E-state index is 0.0494. The number of nitrogens with zero attached hydrogens (tertiary/aromatic N) is 3. The van der Waals surface area contributed by atoms with Crippen molar-refractivity contribution in [1.82, 2.24) is 14.9 Å². The van der Waals surface area contributed by atoms with Gasteiger partial charge in [-0.05, 0) is 38.5 Å². The summed E-state index contributed by atoms with van der Waals surface area (Å²) in [6, 6.07) is 9.39. The summed E-state index contributed by atoms with van der Waals surface area (Å²) in [6.07, 6.45) is 3.11. The predicted octanol–water partition coefficient (Wildman–Crippen LogP) is 4.25. The third-order valence-corrected chi connectivity index (χ3v) is 4.50. The topological polar surface area (TPSA) is 70.2 Å². The number of benzene rings is 1. The van der Waals surface area contributed by atoms with Crippen molar-refractivity contribution in [3.8, 4) is 0 Å². The van der Waals surface area contributed by atoms with Crippen molar-refractivity contribution >= 4 is 23.6 Å². The van der Waals surface area contributed by atoms with E-state index >= 15 is 0 Å². The van der Waals surface area contributed by atoms with Crippen LogP contribution in [-0.4, -0.2) is 20.9 Å². The summed E-state index contributed by atoms with van der Waals surface area (Å²) in [6.45, 7) is 6.28. The summed E-state index contributed by atoms with van der Waals surface area (Å²) in [4.78, 5) is 11.9. The summed E-state index contributed by atoms with van der Waals surface area (Å²) < 4.78 is 12.0. The molecule has 0 amide bonds. The molecule has 0 aliphatic heterocycles. The molecule has 0 aliphatic carbocycles. The molecular formula is C20H20ClN3O3. The van der Waals surface area contributed by atoms with Gasteiger partial charge in [0.05, 0.1) is 17.9 Å². The third kappa shape index (κ3) is 4.65. The highest BCUT2D eigenvalue weighted by molar-refractivity contribution is 6.31. The van der Waals surface area contributed by atoms with Gasteiger partial charge >= 0.3 is 5.97 Å². The molecule has 0 aliphatic rings. The molecule has 2 heterocycles. The first-order chi connectivity index (χ1) is 12.9. The predicted molar refractivity (Wildman–Crippen MR) is 102 cm³/mol. The van der Waals surface area contributed by atoms with Crippen LogP contribution in [-0.2, 0) is 22.7 Å². The highest BCUT2D eigenvalue weighted by Gasteiger charge is 2.11.